The summed E-state index contributed by atoms with van der Waals surface area (Å²) in [4.78, 5) is 0. The van der Waals surface area contributed by atoms with Gasteiger partial charge >= 0.3 is 0 Å². The number of hydrogen-bond acceptors (Lipinski definition) is 6. The summed E-state index contributed by atoms with van der Waals surface area (Å²) in [6, 6.07) is 5.66. The first-order valence-corrected chi connectivity index (χ1v) is 7.00. The average molecular weight is 291 g/mol. The minimum absolute atomic E-state index is 0.0905. The smallest absolute Gasteiger partial charge is 0.182 e. The maximum absolute atomic E-state index is 6.00. The van der Waals surface area contributed by atoms with Crippen molar-refractivity contribution in [1.29, 1.82) is 0 Å². The van der Waals surface area contributed by atoms with Crippen molar-refractivity contribution in [3.8, 4) is 17.1 Å². The Kier molecular flexibility index (Phi) is 5.10. The topological polar surface area (TPSA) is 88.1 Å². The third-order valence-corrected chi connectivity index (χ3v) is 3.24. The summed E-state index contributed by atoms with van der Waals surface area (Å²) in [5.41, 5.74) is 7.43. The Morgan fingerprint density at radius 3 is 2.76 bits per heavy atom. The van der Waals surface area contributed by atoms with Gasteiger partial charge in [0, 0.05) is 12.7 Å². The van der Waals surface area contributed by atoms with Crippen molar-refractivity contribution in [3.05, 3.63) is 18.2 Å². The number of aromatic nitrogens is 4. The lowest BCUT2D eigenvalue weighted by Crippen LogP contribution is -2.16. The van der Waals surface area contributed by atoms with Crippen LogP contribution in [0.15, 0.2) is 18.2 Å². The molecule has 0 spiro atoms. The lowest BCUT2D eigenvalue weighted by molar-refractivity contribution is 0.147. The zero-order chi connectivity index (χ0) is 15.2. The SMILES string of the molecule is CCOc1ccc(-c2nnnn2C(CC)COC)cc1N. The van der Waals surface area contributed by atoms with E-state index in [2.05, 4.69) is 22.4 Å². The lowest BCUT2D eigenvalue weighted by atomic mass is 10.1. The van der Waals surface area contributed by atoms with Crippen molar-refractivity contribution < 1.29 is 9.47 Å². The molecule has 0 aliphatic rings. The van der Waals surface area contributed by atoms with Gasteiger partial charge < -0.3 is 15.2 Å². The molecule has 21 heavy (non-hydrogen) atoms. The standard InChI is InChI=1S/C14H21N5O2/c1-4-11(9-20-3)19-14(16-17-18-19)10-6-7-13(21-5-2)12(15)8-10/h6-8,11H,4-5,9,15H2,1-3H3. The molecule has 1 aromatic heterocycles. The highest BCUT2D eigenvalue weighted by atomic mass is 16.5. The average Bonchev–Trinajstić information content (AvgIpc) is 2.96. The Balaban J connectivity index is 2.34. The maximum atomic E-state index is 6.00. The normalized spacial score (nSPS) is 12.3. The quantitative estimate of drug-likeness (QED) is 0.784. The van der Waals surface area contributed by atoms with Crippen LogP contribution in [0.3, 0.4) is 0 Å². The molecule has 0 amide bonds. The van der Waals surface area contributed by atoms with E-state index in [1.165, 1.54) is 0 Å². The Morgan fingerprint density at radius 2 is 2.14 bits per heavy atom. The van der Waals surface area contributed by atoms with Crippen molar-refractivity contribution in [1.82, 2.24) is 20.2 Å². The van der Waals surface area contributed by atoms with Crippen LogP contribution in [0.1, 0.15) is 26.3 Å². The molecule has 0 fully saturated rings. The molecule has 0 bridgehead atoms. The summed E-state index contributed by atoms with van der Waals surface area (Å²) in [5, 5.41) is 12.0. The fraction of sp³-hybridized carbons (Fsp3) is 0.500. The van der Waals surface area contributed by atoms with Gasteiger partial charge in [-0.2, -0.15) is 0 Å². The third kappa shape index (κ3) is 3.30. The predicted octanol–water partition coefficient (Wildman–Crippen LogP) is 1.92. The van der Waals surface area contributed by atoms with E-state index in [1.54, 1.807) is 11.8 Å². The van der Waals surface area contributed by atoms with Gasteiger partial charge in [-0.3, -0.25) is 0 Å². The Hall–Kier alpha value is -2.15. The van der Waals surface area contributed by atoms with Gasteiger partial charge in [0.05, 0.1) is 24.9 Å². The minimum Gasteiger partial charge on any atom is -0.492 e. The number of tetrazole rings is 1. The van der Waals surface area contributed by atoms with Gasteiger partial charge in [0.1, 0.15) is 5.75 Å². The lowest BCUT2D eigenvalue weighted by Gasteiger charge is -2.16. The van der Waals surface area contributed by atoms with Gasteiger partial charge in [-0.15, -0.1) is 5.10 Å². The third-order valence-electron chi connectivity index (χ3n) is 3.24. The molecule has 0 aliphatic carbocycles. The summed E-state index contributed by atoms with van der Waals surface area (Å²) in [6.45, 7) is 5.13. The second-order valence-electron chi connectivity index (χ2n) is 4.65. The highest BCUT2D eigenvalue weighted by Gasteiger charge is 2.17. The molecule has 0 saturated heterocycles. The maximum Gasteiger partial charge on any atom is 0.182 e. The fourth-order valence-electron chi connectivity index (χ4n) is 2.16. The second-order valence-corrected chi connectivity index (χ2v) is 4.65. The van der Waals surface area contributed by atoms with Crippen LogP contribution in [0.4, 0.5) is 5.69 Å². The van der Waals surface area contributed by atoms with Gasteiger partial charge in [0.15, 0.2) is 5.82 Å². The van der Waals surface area contributed by atoms with Crippen molar-refractivity contribution in [2.24, 2.45) is 0 Å². The van der Waals surface area contributed by atoms with E-state index in [4.69, 9.17) is 15.2 Å². The van der Waals surface area contributed by atoms with Gasteiger partial charge in [0.25, 0.3) is 0 Å². The van der Waals surface area contributed by atoms with Crippen LogP contribution in [-0.2, 0) is 4.74 Å². The van der Waals surface area contributed by atoms with Gasteiger partial charge in [0.2, 0.25) is 0 Å². The summed E-state index contributed by atoms with van der Waals surface area (Å²) in [7, 11) is 1.67. The van der Waals surface area contributed by atoms with Gasteiger partial charge in [-0.1, -0.05) is 6.92 Å². The molecule has 0 aliphatic heterocycles. The molecule has 114 valence electrons. The molecule has 7 nitrogen and oxygen atoms in total. The van der Waals surface area contributed by atoms with Crippen LogP contribution >= 0.6 is 0 Å². The number of nitrogens with two attached hydrogens (primary N) is 1. The van der Waals surface area contributed by atoms with Crippen LogP contribution in [0.25, 0.3) is 11.4 Å². The molecule has 0 radical (unpaired) electrons. The molecular weight excluding hydrogens is 270 g/mol. The summed E-state index contributed by atoms with van der Waals surface area (Å²) in [6.07, 6.45) is 0.873. The van der Waals surface area contributed by atoms with Gasteiger partial charge in [-0.25, -0.2) is 4.68 Å². The first-order chi connectivity index (χ1) is 10.2. The van der Waals surface area contributed by atoms with Crippen molar-refractivity contribution in [3.63, 3.8) is 0 Å². The highest BCUT2D eigenvalue weighted by Crippen LogP contribution is 2.28. The van der Waals surface area contributed by atoms with Crippen molar-refractivity contribution >= 4 is 5.69 Å². The Morgan fingerprint density at radius 1 is 1.33 bits per heavy atom. The molecule has 2 rings (SSSR count). The Labute approximate surface area is 124 Å². The van der Waals surface area contributed by atoms with Gasteiger partial charge in [-0.05, 0) is 42.0 Å². The number of nitrogen functional groups attached to an aromatic ring is 1. The monoisotopic (exact) mass is 291 g/mol. The van der Waals surface area contributed by atoms with E-state index in [1.807, 2.05) is 25.1 Å². The van der Waals surface area contributed by atoms with Crippen LogP contribution < -0.4 is 10.5 Å². The molecule has 1 unspecified atom stereocenters. The van der Waals surface area contributed by atoms with Crippen molar-refractivity contribution in [2.45, 2.75) is 26.3 Å². The first kappa shape index (κ1) is 15.2. The number of rotatable bonds is 7. The number of benzene rings is 1. The summed E-state index contributed by atoms with van der Waals surface area (Å²) < 4.78 is 12.4. The fourth-order valence-corrected chi connectivity index (χ4v) is 2.16. The van der Waals surface area contributed by atoms with Crippen LogP contribution in [-0.4, -0.2) is 40.5 Å². The van der Waals surface area contributed by atoms with E-state index in [0.29, 0.717) is 30.5 Å². The summed E-state index contributed by atoms with van der Waals surface area (Å²) in [5.74, 6) is 1.35. The van der Waals surface area contributed by atoms with Crippen LogP contribution in [0.5, 0.6) is 5.75 Å². The molecule has 1 heterocycles. The van der Waals surface area contributed by atoms with E-state index < -0.39 is 0 Å². The first-order valence-electron chi connectivity index (χ1n) is 7.00. The van der Waals surface area contributed by atoms with Crippen molar-refractivity contribution in [2.75, 3.05) is 26.1 Å². The molecule has 7 heteroatoms. The molecule has 1 atom stereocenters. The number of hydrogen-bond donors (Lipinski definition) is 1. The van der Waals surface area contributed by atoms with E-state index in [0.717, 1.165) is 12.0 Å². The van der Waals surface area contributed by atoms with Crippen LogP contribution in [0, 0.1) is 0 Å². The van der Waals surface area contributed by atoms with Crippen LogP contribution in [0.2, 0.25) is 0 Å². The number of methoxy groups -OCH3 is 1. The second kappa shape index (κ2) is 7.03. The number of anilines is 1. The van der Waals surface area contributed by atoms with E-state index >= 15 is 0 Å². The number of ether oxygens (including phenoxy) is 2. The molecule has 2 aromatic rings. The zero-order valence-corrected chi connectivity index (χ0v) is 12.6. The van der Waals surface area contributed by atoms with E-state index in [-0.39, 0.29) is 6.04 Å². The minimum atomic E-state index is 0.0905. The zero-order valence-electron chi connectivity index (χ0n) is 12.6. The molecule has 2 N–H and O–H groups in total. The Bertz CT molecular complexity index is 584. The van der Waals surface area contributed by atoms with E-state index in [9.17, 15) is 0 Å². The highest BCUT2D eigenvalue weighted by molar-refractivity contribution is 5.66. The largest absolute Gasteiger partial charge is 0.492 e. The predicted molar refractivity (Wildman–Crippen MR) is 80.0 cm³/mol. The molecule has 0 saturated carbocycles. The molecule has 1 aromatic carbocycles. The molecular formula is C14H21N5O2. The summed E-state index contributed by atoms with van der Waals surface area (Å²) >= 11 is 0. The number of nitrogens with zero attached hydrogens (tertiary/aromatic N) is 4.